The molecule has 0 unspecified atom stereocenters. The fourth-order valence-electron chi connectivity index (χ4n) is 13.1. The summed E-state index contributed by atoms with van der Waals surface area (Å²) in [5, 5.41) is 5.21. The fraction of sp³-hybridized carbons (Fsp3) is 0.250. The van der Waals surface area contributed by atoms with E-state index in [2.05, 4.69) is 230 Å². The van der Waals surface area contributed by atoms with Crippen LogP contribution in [0.15, 0.2) is 157 Å². The van der Waals surface area contributed by atoms with Crippen LogP contribution in [-0.2, 0) is 21.7 Å². The highest BCUT2D eigenvalue weighted by Gasteiger charge is 2.54. The molecule has 0 bridgehead atoms. The number of anilines is 2. The Hall–Kier alpha value is -6.58. The zero-order valence-electron chi connectivity index (χ0n) is 40.8. The summed E-state index contributed by atoms with van der Waals surface area (Å²) in [7, 11) is 0. The molecule has 8 aromatic carbocycles. The number of hydrogen-bond acceptors (Lipinski definition) is 1. The maximum Gasteiger partial charge on any atom is 0.329 e. The van der Waals surface area contributed by atoms with E-state index < -0.39 is 0 Å². The molecule has 328 valence electrons. The Labute approximate surface area is 397 Å². The third-order valence-electron chi connectivity index (χ3n) is 16.9. The van der Waals surface area contributed by atoms with E-state index in [1.54, 1.807) is 0 Å². The minimum absolute atomic E-state index is 0.0302. The number of rotatable bonds is 3. The van der Waals surface area contributed by atoms with E-state index in [0.29, 0.717) is 0 Å². The average molecular weight is 867 g/mol. The summed E-state index contributed by atoms with van der Waals surface area (Å²) >= 11 is 0. The van der Waals surface area contributed by atoms with Gasteiger partial charge in [-0.25, -0.2) is 0 Å². The molecule has 0 amide bonds. The molecule has 0 saturated heterocycles. The number of aryl methyl sites for hydroxylation is 1. The Morgan fingerprint density at radius 2 is 1.18 bits per heavy atom. The van der Waals surface area contributed by atoms with Crippen LogP contribution in [0.5, 0.6) is 0 Å². The van der Waals surface area contributed by atoms with Crippen molar-refractivity contribution in [1.82, 2.24) is 4.48 Å². The van der Waals surface area contributed by atoms with Gasteiger partial charge in [0, 0.05) is 55.3 Å². The molecule has 4 aliphatic rings. The highest BCUT2D eigenvalue weighted by molar-refractivity contribution is 6.85. The number of hydrogen-bond donors (Lipinski definition) is 0. The monoisotopic (exact) mass is 866 g/mol. The van der Waals surface area contributed by atoms with Gasteiger partial charge < -0.3 is 9.38 Å². The van der Waals surface area contributed by atoms with E-state index >= 15 is 0 Å². The molecular formula is C64H59BN2. The highest BCUT2D eigenvalue weighted by Crippen LogP contribution is 2.60. The lowest BCUT2D eigenvalue weighted by Crippen LogP contribution is -2.52. The molecule has 0 atom stereocenters. The van der Waals surface area contributed by atoms with Crippen LogP contribution in [0.1, 0.15) is 109 Å². The van der Waals surface area contributed by atoms with Crippen molar-refractivity contribution in [2.24, 2.45) is 0 Å². The van der Waals surface area contributed by atoms with Gasteiger partial charge >= 0.3 is 6.85 Å². The molecule has 9 aromatic rings. The lowest BCUT2D eigenvalue weighted by atomic mass is 9.40. The van der Waals surface area contributed by atoms with Gasteiger partial charge in [-0.3, -0.25) is 0 Å². The highest BCUT2D eigenvalue weighted by atomic mass is 15.2. The maximum absolute atomic E-state index is 2.79. The van der Waals surface area contributed by atoms with Gasteiger partial charge in [0.15, 0.2) is 0 Å². The lowest BCUT2D eigenvalue weighted by molar-refractivity contribution is 0.331. The molecule has 2 nitrogen and oxygen atoms in total. The first-order chi connectivity index (χ1) is 32.0. The van der Waals surface area contributed by atoms with Gasteiger partial charge in [-0.05, 0) is 150 Å². The van der Waals surface area contributed by atoms with E-state index in [0.717, 1.165) is 0 Å². The Bertz CT molecular complexity index is 3660. The van der Waals surface area contributed by atoms with Crippen molar-refractivity contribution in [3.8, 4) is 33.4 Å². The van der Waals surface area contributed by atoms with Gasteiger partial charge in [-0.15, -0.1) is 0 Å². The number of para-hydroxylation sites is 1. The summed E-state index contributed by atoms with van der Waals surface area (Å²) in [6.45, 7) is 24.3. The van der Waals surface area contributed by atoms with Crippen molar-refractivity contribution in [3.63, 3.8) is 0 Å². The van der Waals surface area contributed by atoms with Gasteiger partial charge in [0.1, 0.15) is 0 Å². The zero-order chi connectivity index (χ0) is 46.1. The molecule has 2 aliphatic heterocycles. The van der Waals surface area contributed by atoms with E-state index in [1.807, 2.05) is 0 Å². The molecule has 13 rings (SSSR count). The van der Waals surface area contributed by atoms with Gasteiger partial charge in [0.25, 0.3) is 0 Å². The summed E-state index contributed by atoms with van der Waals surface area (Å²) in [5.74, 6) is 0. The van der Waals surface area contributed by atoms with Crippen molar-refractivity contribution < 1.29 is 0 Å². The topological polar surface area (TPSA) is 8.17 Å². The molecule has 67 heavy (non-hydrogen) atoms. The van der Waals surface area contributed by atoms with E-state index in [9.17, 15) is 0 Å². The van der Waals surface area contributed by atoms with Crippen LogP contribution in [0, 0.1) is 6.92 Å². The first-order valence-corrected chi connectivity index (χ1v) is 24.7. The van der Waals surface area contributed by atoms with Crippen LogP contribution in [0.3, 0.4) is 0 Å². The lowest BCUT2D eigenvalue weighted by Gasteiger charge is -2.44. The second-order valence-corrected chi connectivity index (χ2v) is 23.2. The Morgan fingerprint density at radius 3 is 1.91 bits per heavy atom. The summed E-state index contributed by atoms with van der Waals surface area (Å²) in [5.41, 5.74) is 25.3. The van der Waals surface area contributed by atoms with Crippen LogP contribution in [-0.4, -0.2) is 11.3 Å². The molecule has 0 radical (unpaired) electrons. The quantitative estimate of drug-likeness (QED) is 0.161. The molecule has 3 heterocycles. The van der Waals surface area contributed by atoms with Crippen LogP contribution in [0.4, 0.5) is 11.4 Å². The summed E-state index contributed by atoms with van der Waals surface area (Å²) < 4.78 is 2.79. The zero-order valence-corrected chi connectivity index (χ0v) is 40.8. The number of allylic oxidation sites excluding steroid dienone is 1. The van der Waals surface area contributed by atoms with Crippen LogP contribution >= 0.6 is 0 Å². The molecule has 0 saturated carbocycles. The van der Waals surface area contributed by atoms with Crippen molar-refractivity contribution in [2.75, 3.05) is 4.90 Å². The van der Waals surface area contributed by atoms with Crippen LogP contribution in [0.25, 0.3) is 71.7 Å². The van der Waals surface area contributed by atoms with Crippen LogP contribution in [0.2, 0.25) is 0 Å². The van der Waals surface area contributed by atoms with E-state index in [1.165, 1.54) is 140 Å². The molecule has 1 aromatic heterocycles. The predicted octanol–water partition coefficient (Wildman–Crippen LogP) is 16.4. The van der Waals surface area contributed by atoms with Gasteiger partial charge in [-0.1, -0.05) is 172 Å². The minimum atomic E-state index is -0.311. The predicted molar refractivity (Wildman–Crippen MR) is 288 cm³/mol. The van der Waals surface area contributed by atoms with E-state index in [4.69, 9.17) is 0 Å². The van der Waals surface area contributed by atoms with Crippen molar-refractivity contribution >= 4 is 62.0 Å². The fourth-order valence-corrected chi connectivity index (χ4v) is 13.1. The number of nitrogens with zero attached hydrogens (tertiary/aromatic N) is 2. The largest absolute Gasteiger partial charge is 0.376 e. The number of fused-ring (bicyclic) bond motifs is 10. The Kier molecular flexibility index (Phi) is 8.22. The Morgan fingerprint density at radius 1 is 0.507 bits per heavy atom. The Balaban J connectivity index is 1.24. The van der Waals surface area contributed by atoms with Gasteiger partial charge in [0.2, 0.25) is 0 Å². The molecule has 2 aliphatic carbocycles. The standard InChI is InChI=1S/C64H59BN2/c1-38-19-14-17-24-44(38)42-32-49-46-26-18-25-45-48-31-40-22-15-16-23-41(40)33-55(48)67(58(45)46)65-57(49)56(34-42)66(54-28-27-43(61(2,3)4)35-47(54)39-20-12-11-13-21-39)59-50-36-52-53(37-51(50)64(9,10)60(59)65)63(7,8)30-29-62(52,5)6/h11-28,31-37H,29-30H2,1-10H3. The third kappa shape index (κ3) is 5.58. The molecule has 0 spiro atoms. The number of aromatic nitrogens is 1. The van der Waals surface area contributed by atoms with Crippen molar-refractivity contribution in [2.45, 2.75) is 104 Å². The van der Waals surface area contributed by atoms with Crippen molar-refractivity contribution in [3.05, 3.63) is 191 Å². The van der Waals surface area contributed by atoms with Gasteiger partial charge in [-0.2, -0.15) is 0 Å². The number of benzene rings is 8. The molecule has 0 N–H and O–H groups in total. The molecule has 3 heteroatoms. The van der Waals surface area contributed by atoms with E-state index in [-0.39, 0.29) is 28.5 Å². The normalized spacial score (nSPS) is 17.2. The summed E-state index contributed by atoms with van der Waals surface area (Å²) in [6.07, 6.45) is 2.35. The first-order valence-electron chi connectivity index (χ1n) is 24.7. The second kappa shape index (κ2) is 13.5. The van der Waals surface area contributed by atoms with Gasteiger partial charge in [0.05, 0.1) is 5.69 Å². The minimum Gasteiger partial charge on any atom is -0.376 e. The first kappa shape index (κ1) is 40.7. The summed E-state index contributed by atoms with van der Waals surface area (Å²) in [6, 6.07) is 59.0. The van der Waals surface area contributed by atoms with Crippen LogP contribution < -0.4 is 10.4 Å². The average Bonchev–Trinajstić information content (AvgIpc) is 3.75. The van der Waals surface area contributed by atoms with Crippen molar-refractivity contribution in [1.29, 1.82) is 0 Å². The third-order valence-corrected chi connectivity index (χ3v) is 16.9. The maximum atomic E-state index is 2.79. The SMILES string of the molecule is Cc1ccccc1-c1cc2c3c(c1)N(c1ccc(C(C)(C)C)cc1-c1ccccc1)C1=C(B3n3c4cc5ccccc5cc4c4cccc-2c43)C(C)(C)c2cc3c(cc21)C(C)(C)CCC3(C)C. The summed E-state index contributed by atoms with van der Waals surface area (Å²) in [4.78, 5) is 2.76. The molecule has 0 fully saturated rings. The molecular weight excluding hydrogens is 808 g/mol. The smallest absolute Gasteiger partial charge is 0.329 e. The second-order valence-electron chi connectivity index (χ2n) is 23.2.